The second kappa shape index (κ2) is 12.9. The van der Waals surface area contributed by atoms with Crippen molar-refractivity contribution in [1.82, 2.24) is 25.3 Å². The molecule has 1 aliphatic heterocycles. The molecular formula is C29H34FN5O5. The molecule has 3 N–H and O–H groups in total. The number of likely N-dealkylation sites (tertiary alicyclic amines) is 1. The number of ether oxygens (including phenoxy) is 3. The summed E-state index contributed by atoms with van der Waals surface area (Å²) in [6.45, 7) is 5.96. The Kier molecular flexibility index (Phi) is 8.92. The third-order valence-electron chi connectivity index (χ3n) is 6.96. The van der Waals surface area contributed by atoms with E-state index in [4.69, 9.17) is 19.4 Å². The minimum atomic E-state index is -0.477. The first-order chi connectivity index (χ1) is 19.5. The average molecular weight is 552 g/mol. The van der Waals surface area contributed by atoms with E-state index in [9.17, 15) is 4.79 Å². The topological polar surface area (TPSA) is 122 Å². The fraction of sp³-hybridized carbons (Fsp3) is 0.414. The first-order valence-electron chi connectivity index (χ1n) is 13.7. The summed E-state index contributed by atoms with van der Waals surface area (Å²) in [5.74, 6) is 0.361. The summed E-state index contributed by atoms with van der Waals surface area (Å²) in [5.41, 5.74) is 3.75. The molecule has 10 nitrogen and oxygen atoms in total. The quantitative estimate of drug-likeness (QED) is 0.117. The van der Waals surface area contributed by atoms with E-state index in [1.54, 1.807) is 35.8 Å². The number of benzene rings is 2. The third kappa shape index (κ3) is 6.60. The van der Waals surface area contributed by atoms with E-state index in [1.165, 1.54) is 19.2 Å². The molecule has 1 aliphatic rings. The second-order valence-electron chi connectivity index (χ2n) is 9.98. The average Bonchev–Trinajstić information content (AvgIpc) is 3.62. The van der Waals surface area contributed by atoms with Crippen LogP contribution in [-0.2, 0) is 4.79 Å². The van der Waals surface area contributed by atoms with Gasteiger partial charge in [-0.3, -0.25) is 10.0 Å². The van der Waals surface area contributed by atoms with Gasteiger partial charge in [0, 0.05) is 35.6 Å². The number of aryl methyl sites for hydroxylation is 1. The number of carbonyl (C=O) groups excluding carboxylic acids is 1. The number of nitrogens with one attached hydrogen (secondary N) is 2. The van der Waals surface area contributed by atoms with Gasteiger partial charge in [0.15, 0.2) is 23.1 Å². The molecule has 0 spiro atoms. The van der Waals surface area contributed by atoms with Crippen molar-refractivity contribution in [1.29, 1.82) is 0 Å². The number of H-pyrrole nitrogens is 1. The maximum atomic E-state index is 15.2. The summed E-state index contributed by atoms with van der Waals surface area (Å²) >= 11 is 0. The molecule has 2 aromatic heterocycles. The van der Waals surface area contributed by atoms with Crippen molar-refractivity contribution >= 4 is 27.7 Å². The Hall–Kier alpha value is -3.96. The first kappa shape index (κ1) is 27.6. The van der Waals surface area contributed by atoms with Crippen molar-refractivity contribution in [2.75, 3.05) is 32.8 Å². The van der Waals surface area contributed by atoms with Gasteiger partial charge >= 0.3 is 0 Å². The number of halogens is 1. The molecule has 40 heavy (non-hydrogen) atoms. The molecule has 1 saturated heterocycles. The first-order valence-corrected chi connectivity index (χ1v) is 13.7. The monoisotopic (exact) mass is 551 g/mol. The molecule has 5 rings (SSSR count). The smallest absolute Gasteiger partial charge is 0.243 e. The van der Waals surface area contributed by atoms with E-state index in [2.05, 4.69) is 19.9 Å². The summed E-state index contributed by atoms with van der Waals surface area (Å²) in [6, 6.07) is 8.60. The van der Waals surface area contributed by atoms with Gasteiger partial charge in [0.2, 0.25) is 11.8 Å². The fourth-order valence-corrected chi connectivity index (χ4v) is 4.92. The predicted molar refractivity (Wildman–Crippen MR) is 148 cm³/mol. The molecule has 1 amide bonds. The van der Waals surface area contributed by atoms with Crippen LogP contribution in [0.5, 0.6) is 23.1 Å². The van der Waals surface area contributed by atoms with Crippen molar-refractivity contribution in [2.24, 2.45) is 0 Å². The highest BCUT2D eigenvalue weighted by molar-refractivity contribution is 5.87. The Balaban J connectivity index is 1.36. The number of aromatic nitrogens is 3. The fourth-order valence-electron chi connectivity index (χ4n) is 4.92. The van der Waals surface area contributed by atoms with E-state index >= 15 is 4.39 Å². The van der Waals surface area contributed by atoms with Gasteiger partial charge in [-0.25, -0.2) is 19.8 Å². The molecule has 2 aromatic carbocycles. The Labute approximate surface area is 231 Å². The second-order valence-corrected chi connectivity index (χ2v) is 9.98. The summed E-state index contributed by atoms with van der Waals surface area (Å²) in [7, 11) is 0. The molecule has 0 aliphatic carbocycles. The third-order valence-corrected chi connectivity index (χ3v) is 6.96. The van der Waals surface area contributed by atoms with Crippen LogP contribution < -0.4 is 19.7 Å². The van der Waals surface area contributed by atoms with Crippen LogP contribution in [0.4, 0.5) is 4.39 Å². The lowest BCUT2D eigenvalue weighted by Gasteiger charge is -2.17. The highest BCUT2D eigenvalue weighted by Gasteiger charge is 2.17. The van der Waals surface area contributed by atoms with Crippen LogP contribution in [0.1, 0.15) is 44.2 Å². The Morgan fingerprint density at radius 2 is 1.80 bits per heavy atom. The Morgan fingerprint density at radius 3 is 2.60 bits per heavy atom. The Morgan fingerprint density at radius 1 is 1.02 bits per heavy atom. The molecule has 4 aromatic rings. The summed E-state index contributed by atoms with van der Waals surface area (Å²) in [6.07, 6.45) is 6.08. The molecule has 3 heterocycles. The number of aromatic amines is 1. The number of amides is 1. The zero-order valence-electron chi connectivity index (χ0n) is 22.5. The van der Waals surface area contributed by atoms with Gasteiger partial charge in [-0.1, -0.05) is 0 Å². The van der Waals surface area contributed by atoms with E-state index in [0.717, 1.165) is 31.7 Å². The van der Waals surface area contributed by atoms with Gasteiger partial charge < -0.3 is 24.1 Å². The SMILES string of the molecule is Cc1cc2c(F)c(Oc3ncnc4cc(OCCCN5CCCC5)c(OCCCCC(=O)NO)cc34)ccc2[nH]1. The molecule has 212 valence electrons. The molecule has 0 bridgehead atoms. The molecule has 0 radical (unpaired) electrons. The summed E-state index contributed by atoms with van der Waals surface area (Å²) in [5, 5.41) is 9.67. The number of rotatable bonds is 13. The number of nitrogens with zero attached hydrogens (tertiary/aromatic N) is 3. The lowest BCUT2D eigenvalue weighted by atomic mass is 10.2. The molecule has 0 saturated carbocycles. The Bertz CT molecular complexity index is 1470. The number of carbonyl (C=O) groups is 1. The summed E-state index contributed by atoms with van der Waals surface area (Å²) < 4.78 is 33.4. The van der Waals surface area contributed by atoms with E-state index < -0.39 is 11.7 Å². The standard InChI is InChI=1S/C29H34FN5O5/c1-19-15-20-22(33-19)8-9-24(28(20)30)40-29-21-16-25(38-13-5-2-7-27(36)34-37)26(17-23(21)31-18-32-29)39-14-6-12-35-10-3-4-11-35/h8-9,15-18,33,37H,2-7,10-14H2,1H3,(H,34,36). The zero-order chi connectivity index (χ0) is 27.9. The van der Waals surface area contributed by atoms with Gasteiger partial charge in [0.25, 0.3) is 0 Å². The van der Waals surface area contributed by atoms with Crippen LogP contribution in [0.2, 0.25) is 0 Å². The summed E-state index contributed by atoms with van der Waals surface area (Å²) in [4.78, 5) is 25.5. The largest absolute Gasteiger partial charge is 0.490 e. The highest BCUT2D eigenvalue weighted by atomic mass is 19.1. The van der Waals surface area contributed by atoms with E-state index in [1.807, 2.05) is 6.92 Å². The molecular weight excluding hydrogens is 517 g/mol. The van der Waals surface area contributed by atoms with Crippen LogP contribution in [0.15, 0.2) is 36.7 Å². The number of hydrogen-bond donors (Lipinski definition) is 3. The molecule has 11 heteroatoms. The maximum Gasteiger partial charge on any atom is 0.243 e. The van der Waals surface area contributed by atoms with E-state index in [0.29, 0.717) is 59.4 Å². The number of hydrogen-bond acceptors (Lipinski definition) is 8. The van der Waals surface area contributed by atoms with Crippen molar-refractivity contribution in [3.8, 4) is 23.1 Å². The number of unbranched alkanes of at least 4 members (excludes halogenated alkanes) is 1. The molecule has 1 fully saturated rings. The van der Waals surface area contributed by atoms with Crippen LogP contribution in [-0.4, -0.2) is 63.8 Å². The van der Waals surface area contributed by atoms with Crippen LogP contribution >= 0.6 is 0 Å². The number of fused-ring (bicyclic) bond motifs is 2. The predicted octanol–water partition coefficient (Wildman–Crippen LogP) is 5.27. The maximum absolute atomic E-state index is 15.2. The van der Waals surface area contributed by atoms with Crippen molar-refractivity contribution in [3.63, 3.8) is 0 Å². The molecule has 0 atom stereocenters. The zero-order valence-corrected chi connectivity index (χ0v) is 22.5. The van der Waals surface area contributed by atoms with E-state index in [-0.39, 0.29) is 18.1 Å². The van der Waals surface area contributed by atoms with Crippen molar-refractivity contribution in [2.45, 2.75) is 45.4 Å². The van der Waals surface area contributed by atoms with Gasteiger partial charge in [-0.05, 0) is 76.4 Å². The van der Waals surface area contributed by atoms with Gasteiger partial charge in [0.05, 0.1) is 24.1 Å². The van der Waals surface area contributed by atoms with Crippen LogP contribution in [0.25, 0.3) is 21.8 Å². The molecule has 0 unspecified atom stereocenters. The van der Waals surface area contributed by atoms with Crippen molar-refractivity contribution < 1.29 is 28.6 Å². The van der Waals surface area contributed by atoms with Gasteiger partial charge in [-0.15, -0.1) is 0 Å². The van der Waals surface area contributed by atoms with Crippen LogP contribution in [0.3, 0.4) is 0 Å². The van der Waals surface area contributed by atoms with Gasteiger partial charge in [-0.2, -0.15) is 0 Å². The minimum absolute atomic E-state index is 0.0540. The van der Waals surface area contributed by atoms with Crippen molar-refractivity contribution in [3.05, 3.63) is 48.2 Å². The number of hydroxylamine groups is 1. The van der Waals surface area contributed by atoms with Gasteiger partial charge in [0.1, 0.15) is 6.33 Å². The normalized spacial score (nSPS) is 13.7. The highest BCUT2D eigenvalue weighted by Crippen LogP contribution is 2.38. The van der Waals surface area contributed by atoms with Crippen LogP contribution in [0, 0.1) is 12.7 Å². The lowest BCUT2D eigenvalue weighted by Crippen LogP contribution is -2.22. The minimum Gasteiger partial charge on any atom is -0.490 e. The lowest BCUT2D eigenvalue weighted by molar-refractivity contribution is -0.129.